The molecule has 0 N–H and O–H groups in total. The first-order valence-corrected chi connectivity index (χ1v) is 10.4. The Morgan fingerprint density at radius 1 is 1.34 bits per heavy atom. The van der Waals surface area contributed by atoms with Crippen LogP contribution in [0.5, 0.6) is 11.5 Å². The van der Waals surface area contributed by atoms with Gasteiger partial charge in [0.15, 0.2) is 23.4 Å². The average molecular weight is 402 g/mol. The van der Waals surface area contributed by atoms with Gasteiger partial charge in [0.05, 0.1) is 12.5 Å². The lowest BCUT2D eigenvalue weighted by molar-refractivity contribution is -0.159. The molecule has 29 heavy (non-hydrogen) atoms. The Hall–Kier alpha value is -2.08. The summed E-state index contributed by atoms with van der Waals surface area (Å²) in [6.45, 7) is 7.97. The number of benzene rings is 1. The number of rotatable bonds is 4. The van der Waals surface area contributed by atoms with Crippen molar-refractivity contribution in [1.82, 2.24) is 4.90 Å². The maximum absolute atomic E-state index is 12.8. The van der Waals surface area contributed by atoms with Crippen molar-refractivity contribution in [3.05, 3.63) is 23.3 Å². The third-order valence-corrected chi connectivity index (χ3v) is 6.98. The van der Waals surface area contributed by atoms with Crippen LogP contribution in [0.25, 0.3) is 0 Å². The van der Waals surface area contributed by atoms with Crippen LogP contribution in [-0.4, -0.2) is 49.7 Å². The van der Waals surface area contributed by atoms with Gasteiger partial charge in [-0.05, 0) is 58.2 Å². The molecule has 1 fully saturated rings. The Balaban J connectivity index is 1.68. The fraction of sp³-hybridized carbons (Fsp3) is 0.652. The van der Waals surface area contributed by atoms with Crippen LogP contribution in [0.1, 0.15) is 51.7 Å². The molecule has 2 aliphatic carbocycles. The second-order valence-corrected chi connectivity index (χ2v) is 9.86. The number of ketones is 1. The quantitative estimate of drug-likeness (QED) is 0.571. The van der Waals surface area contributed by atoms with Gasteiger partial charge >= 0.3 is 5.97 Å². The minimum Gasteiger partial charge on any atom is -0.493 e. The highest BCUT2D eigenvalue weighted by Gasteiger charge is 2.61. The molecule has 1 aromatic carbocycles. The molecule has 4 rings (SSSR count). The zero-order chi connectivity index (χ0) is 21.1. The number of esters is 1. The molecule has 0 radical (unpaired) electrons. The third kappa shape index (κ3) is 2.95. The molecular weight excluding hydrogens is 370 g/mol. The van der Waals surface area contributed by atoms with Crippen molar-refractivity contribution in [2.45, 2.75) is 64.5 Å². The Labute approximate surface area is 172 Å². The molecular formula is C23H31NO5. The first-order valence-electron chi connectivity index (χ1n) is 10.4. The Kier molecular flexibility index (Phi) is 4.69. The van der Waals surface area contributed by atoms with Crippen LogP contribution < -0.4 is 9.47 Å². The van der Waals surface area contributed by atoms with E-state index in [9.17, 15) is 9.59 Å². The molecule has 6 heteroatoms. The van der Waals surface area contributed by atoms with Crippen LogP contribution in [0.15, 0.2) is 12.1 Å². The summed E-state index contributed by atoms with van der Waals surface area (Å²) in [5.41, 5.74) is 1.41. The van der Waals surface area contributed by atoms with Crippen LogP contribution in [0.4, 0.5) is 0 Å². The van der Waals surface area contributed by atoms with Gasteiger partial charge in [0.25, 0.3) is 0 Å². The predicted octanol–water partition coefficient (Wildman–Crippen LogP) is 3.10. The summed E-state index contributed by atoms with van der Waals surface area (Å²) in [5, 5.41) is 0. The van der Waals surface area contributed by atoms with Crippen molar-refractivity contribution in [1.29, 1.82) is 0 Å². The molecule has 0 saturated heterocycles. The fourth-order valence-electron chi connectivity index (χ4n) is 5.42. The topological polar surface area (TPSA) is 65.1 Å². The lowest BCUT2D eigenvalue weighted by Gasteiger charge is -2.50. The molecule has 1 aromatic rings. The summed E-state index contributed by atoms with van der Waals surface area (Å²) in [6.07, 6.45) is 1.69. The second kappa shape index (κ2) is 6.73. The highest BCUT2D eigenvalue weighted by molar-refractivity contribution is 5.89. The van der Waals surface area contributed by atoms with E-state index in [2.05, 4.69) is 17.9 Å². The number of hydrogen-bond donors (Lipinski definition) is 0. The fourth-order valence-corrected chi connectivity index (χ4v) is 5.42. The molecule has 1 aliphatic heterocycles. The Bertz CT molecular complexity index is 858. The van der Waals surface area contributed by atoms with E-state index in [0.29, 0.717) is 12.2 Å². The summed E-state index contributed by atoms with van der Waals surface area (Å²) in [7, 11) is 3.63. The molecule has 0 bridgehead atoms. The van der Waals surface area contributed by atoms with Crippen molar-refractivity contribution in [2.75, 3.05) is 20.9 Å². The second-order valence-electron chi connectivity index (χ2n) is 9.86. The van der Waals surface area contributed by atoms with Crippen molar-refractivity contribution < 1.29 is 23.8 Å². The number of ether oxygens (including phenoxy) is 3. The third-order valence-electron chi connectivity index (χ3n) is 6.98. The number of hydrogen-bond acceptors (Lipinski definition) is 6. The van der Waals surface area contributed by atoms with Crippen LogP contribution >= 0.6 is 0 Å². The molecule has 6 nitrogen and oxygen atoms in total. The van der Waals surface area contributed by atoms with E-state index >= 15 is 0 Å². The lowest BCUT2D eigenvalue weighted by Crippen LogP contribution is -2.60. The SMILES string of the molecule is COc1ccc2c3c1O[C@H]1C(=O)CC[C@@H](C(N(C)COC(=O)C(C)(C)C)C2)[C@@]31C. The van der Waals surface area contributed by atoms with Crippen LogP contribution in [0, 0.1) is 11.3 Å². The van der Waals surface area contributed by atoms with Gasteiger partial charge in [0.2, 0.25) is 0 Å². The van der Waals surface area contributed by atoms with E-state index in [-0.39, 0.29) is 35.9 Å². The summed E-state index contributed by atoms with van der Waals surface area (Å²) < 4.78 is 17.3. The van der Waals surface area contributed by atoms with Gasteiger partial charge in [-0.3, -0.25) is 14.5 Å². The number of Topliss-reactive ketones (excluding diaryl/α,β-unsaturated/α-hetero) is 1. The van der Waals surface area contributed by atoms with Gasteiger partial charge in [-0.15, -0.1) is 0 Å². The van der Waals surface area contributed by atoms with E-state index in [0.717, 1.165) is 24.2 Å². The highest BCUT2D eigenvalue weighted by Crippen LogP contribution is 2.59. The molecule has 0 amide bonds. The molecule has 3 aliphatic rings. The van der Waals surface area contributed by atoms with E-state index in [1.807, 2.05) is 33.9 Å². The van der Waals surface area contributed by atoms with Gasteiger partial charge in [0, 0.05) is 23.4 Å². The van der Waals surface area contributed by atoms with Crippen molar-refractivity contribution >= 4 is 11.8 Å². The van der Waals surface area contributed by atoms with E-state index in [4.69, 9.17) is 14.2 Å². The first kappa shape index (κ1) is 20.2. The molecule has 0 spiro atoms. The molecule has 158 valence electrons. The lowest BCUT2D eigenvalue weighted by atomic mass is 9.55. The van der Waals surface area contributed by atoms with E-state index in [1.54, 1.807) is 7.11 Å². The standard InChI is InChI=1S/C23H31NO5/c1-22(2,3)21(26)28-12-24(5)15-11-13-7-10-17(27-6)19-18(13)23(4)14(15)8-9-16(25)20(23)29-19/h7,10,14-15,20H,8-9,11-12H2,1-6H3/t14-,15?,20-,23-/m0/s1. The largest absolute Gasteiger partial charge is 0.493 e. The van der Waals surface area contributed by atoms with Crippen molar-refractivity contribution in [2.24, 2.45) is 11.3 Å². The number of likely N-dealkylation sites (N-methyl/N-ethyl adjacent to an activating group) is 1. The summed E-state index contributed by atoms with van der Waals surface area (Å²) in [5.74, 6) is 1.62. The summed E-state index contributed by atoms with van der Waals surface area (Å²) in [6, 6.07) is 4.18. The first-order chi connectivity index (χ1) is 13.6. The van der Waals surface area contributed by atoms with Gasteiger partial charge in [-0.2, -0.15) is 0 Å². The smallest absolute Gasteiger partial charge is 0.312 e. The maximum atomic E-state index is 12.8. The number of methoxy groups -OCH3 is 1. The summed E-state index contributed by atoms with van der Waals surface area (Å²) in [4.78, 5) is 27.1. The molecule has 1 unspecified atom stereocenters. The molecule has 1 heterocycles. The minimum absolute atomic E-state index is 0.162. The van der Waals surface area contributed by atoms with Gasteiger partial charge in [0.1, 0.15) is 6.73 Å². The van der Waals surface area contributed by atoms with Crippen molar-refractivity contribution in [3.8, 4) is 11.5 Å². The van der Waals surface area contributed by atoms with Gasteiger partial charge in [-0.25, -0.2) is 0 Å². The number of carbonyl (C=O) groups excluding carboxylic acids is 2. The molecule has 4 atom stereocenters. The highest BCUT2D eigenvalue weighted by atomic mass is 16.5. The number of carbonyl (C=O) groups is 2. The van der Waals surface area contributed by atoms with E-state index < -0.39 is 11.5 Å². The normalized spacial score (nSPS) is 30.0. The van der Waals surface area contributed by atoms with Crippen LogP contribution in [-0.2, 0) is 26.2 Å². The van der Waals surface area contributed by atoms with Crippen LogP contribution in [0.2, 0.25) is 0 Å². The molecule has 1 saturated carbocycles. The zero-order valence-electron chi connectivity index (χ0n) is 18.2. The Morgan fingerprint density at radius 3 is 2.72 bits per heavy atom. The molecule has 0 aromatic heterocycles. The maximum Gasteiger partial charge on any atom is 0.312 e. The summed E-state index contributed by atoms with van der Waals surface area (Å²) >= 11 is 0. The van der Waals surface area contributed by atoms with Gasteiger partial charge in [-0.1, -0.05) is 13.0 Å². The minimum atomic E-state index is -0.529. The van der Waals surface area contributed by atoms with E-state index in [1.165, 1.54) is 5.56 Å². The Morgan fingerprint density at radius 2 is 2.07 bits per heavy atom. The van der Waals surface area contributed by atoms with Crippen molar-refractivity contribution in [3.63, 3.8) is 0 Å². The monoisotopic (exact) mass is 401 g/mol. The zero-order valence-corrected chi connectivity index (χ0v) is 18.2. The van der Waals surface area contributed by atoms with Crippen LogP contribution in [0.3, 0.4) is 0 Å². The average Bonchev–Trinajstić information content (AvgIpc) is 2.99. The predicted molar refractivity (Wildman–Crippen MR) is 108 cm³/mol. The number of nitrogens with zero attached hydrogens (tertiary/aromatic N) is 1. The van der Waals surface area contributed by atoms with Gasteiger partial charge < -0.3 is 14.2 Å².